The Morgan fingerprint density at radius 2 is 1.94 bits per heavy atom. The van der Waals surface area contributed by atoms with Gasteiger partial charge in [-0.25, -0.2) is 4.79 Å². The Hall–Kier alpha value is 0.170. The molecule has 1 aliphatic rings. The van der Waals surface area contributed by atoms with E-state index in [2.05, 4.69) is 13.8 Å². The highest BCUT2D eigenvalue weighted by atomic mass is 32.2. The number of rotatable bonds is 7. The molecule has 0 aromatic heterocycles. The summed E-state index contributed by atoms with van der Waals surface area (Å²) in [6.45, 7) is 4.32. The van der Waals surface area contributed by atoms with E-state index in [0.29, 0.717) is 0 Å². The van der Waals surface area contributed by atoms with E-state index in [1.807, 2.05) is 0 Å². The second kappa shape index (κ2) is 7.57. The molecule has 0 saturated carbocycles. The monoisotopic (exact) mass is 276 g/mol. The predicted molar refractivity (Wildman–Crippen MR) is 77.8 cm³/mol. The molecule has 100 valence electrons. The maximum Gasteiger partial charge on any atom is 0.330 e. The van der Waals surface area contributed by atoms with Crippen molar-refractivity contribution in [3.8, 4) is 0 Å². The van der Waals surface area contributed by atoms with Gasteiger partial charge in [0.2, 0.25) is 0 Å². The van der Waals surface area contributed by atoms with Crippen molar-refractivity contribution in [2.75, 3.05) is 11.5 Å². The van der Waals surface area contributed by atoms with Crippen LogP contribution in [0.3, 0.4) is 0 Å². The normalized spacial score (nSPS) is 21.1. The van der Waals surface area contributed by atoms with Crippen molar-refractivity contribution in [3.05, 3.63) is 0 Å². The molecule has 1 unspecified atom stereocenters. The summed E-state index contributed by atoms with van der Waals surface area (Å²) >= 11 is 3.31. The van der Waals surface area contributed by atoms with E-state index in [1.54, 1.807) is 23.5 Å². The average molecular weight is 276 g/mol. The third-order valence-corrected chi connectivity index (χ3v) is 7.06. The van der Waals surface area contributed by atoms with Gasteiger partial charge >= 0.3 is 5.97 Å². The third kappa shape index (κ3) is 4.09. The van der Waals surface area contributed by atoms with E-state index in [-0.39, 0.29) is 5.92 Å². The number of carbonyl (C=O) groups is 1. The molecule has 0 aromatic carbocycles. The summed E-state index contributed by atoms with van der Waals surface area (Å²) in [5.41, 5.74) is 0. The SMILES string of the molecule is CCCCCCC(C)C1(C(=O)O)SCCCS1. The van der Waals surface area contributed by atoms with Crippen molar-refractivity contribution in [1.82, 2.24) is 0 Å². The first-order valence-corrected chi connectivity index (χ1v) is 8.62. The van der Waals surface area contributed by atoms with Gasteiger partial charge in [0.25, 0.3) is 0 Å². The molecule has 17 heavy (non-hydrogen) atoms. The molecule has 0 amide bonds. The molecule has 1 saturated heterocycles. The second-order valence-electron chi connectivity index (χ2n) is 4.77. The van der Waals surface area contributed by atoms with Crippen LogP contribution < -0.4 is 0 Å². The van der Waals surface area contributed by atoms with Crippen LogP contribution in [0.5, 0.6) is 0 Å². The van der Waals surface area contributed by atoms with Crippen LogP contribution in [0, 0.1) is 5.92 Å². The van der Waals surface area contributed by atoms with Crippen molar-refractivity contribution in [2.45, 2.75) is 56.5 Å². The summed E-state index contributed by atoms with van der Waals surface area (Å²) in [5, 5.41) is 9.52. The van der Waals surface area contributed by atoms with Crippen LogP contribution in [0.2, 0.25) is 0 Å². The van der Waals surface area contributed by atoms with Crippen molar-refractivity contribution in [3.63, 3.8) is 0 Å². The molecule has 2 nitrogen and oxygen atoms in total. The maximum absolute atomic E-state index is 11.6. The van der Waals surface area contributed by atoms with Crippen molar-refractivity contribution >= 4 is 29.5 Å². The fraction of sp³-hybridized carbons (Fsp3) is 0.923. The lowest BCUT2D eigenvalue weighted by atomic mass is 9.98. The molecule has 0 aromatic rings. The summed E-state index contributed by atoms with van der Waals surface area (Å²) in [5.74, 6) is 1.65. The van der Waals surface area contributed by atoms with Crippen LogP contribution in [-0.2, 0) is 4.79 Å². The molecule has 0 bridgehead atoms. The summed E-state index contributed by atoms with van der Waals surface area (Å²) in [7, 11) is 0. The average Bonchev–Trinajstić information content (AvgIpc) is 2.35. The minimum atomic E-state index is -0.616. The van der Waals surface area contributed by atoms with E-state index in [4.69, 9.17) is 0 Å². The summed E-state index contributed by atoms with van der Waals surface area (Å²) in [6.07, 6.45) is 7.12. The van der Waals surface area contributed by atoms with Gasteiger partial charge in [0.05, 0.1) is 0 Å². The highest BCUT2D eigenvalue weighted by Crippen LogP contribution is 2.49. The first-order valence-electron chi connectivity index (χ1n) is 6.64. The summed E-state index contributed by atoms with van der Waals surface area (Å²) < 4.78 is -0.565. The van der Waals surface area contributed by atoms with Crippen molar-refractivity contribution in [2.24, 2.45) is 5.92 Å². The number of unbranched alkanes of at least 4 members (excludes halogenated alkanes) is 3. The molecule has 1 heterocycles. The number of hydrogen-bond acceptors (Lipinski definition) is 3. The first-order chi connectivity index (χ1) is 8.13. The molecule has 1 fully saturated rings. The minimum absolute atomic E-state index is 0.271. The standard InChI is InChI=1S/C13H24O2S2/c1-3-4-5-6-8-11(2)13(12(14)15)16-9-7-10-17-13/h11H,3-10H2,1-2H3,(H,14,15). The molecule has 1 rings (SSSR count). The Morgan fingerprint density at radius 3 is 2.47 bits per heavy atom. The van der Waals surface area contributed by atoms with Gasteiger partial charge in [0.15, 0.2) is 4.08 Å². The molecule has 0 radical (unpaired) electrons. The van der Waals surface area contributed by atoms with Gasteiger partial charge in [-0.15, -0.1) is 23.5 Å². The quantitative estimate of drug-likeness (QED) is 0.706. The van der Waals surface area contributed by atoms with Crippen LogP contribution >= 0.6 is 23.5 Å². The van der Waals surface area contributed by atoms with E-state index < -0.39 is 10.0 Å². The Kier molecular flexibility index (Phi) is 6.78. The Labute approximate surface area is 113 Å². The lowest BCUT2D eigenvalue weighted by molar-refractivity contribution is -0.138. The van der Waals surface area contributed by atoms with Crippen LogP contribution in [0.1, 0.15) is 52.4 Å². The number of carboxylic acid groups (broad SMARTS) is 1. The Balaban J connectivity index is 2.48. The lowest BCUT2D eigenvalue weighted by Gasteiger charge is -2.37. The first kappa shape index (κ1) is 15.2. The van der Waals surface area contributed by atoms with E-state index in [9.17, 15) is 9.90 Å². The zero-order valence-electron chi connectivity index (χ0n) is 10.9. The van der Waals surface area contributed by atoms with Gasteiger partial charge in [-0.2, -0.15) is 0 Å². The molecule has 0 aliphatic carbocycles. The van der Waals surface area contributed by atoms with E-state index >= 15 is 0 Å². The van der Waals surface area contributed by atoms with Crippen molar-refractivity contribution in [1.29, 1.82) is 0 Å². The Bertz CT molecular complexity index is 238. The topological polar surface area (TPSA) is 37.3 Å². The third-order valence-electron chi connectivity index (χ3n) is 3.36. The molecule has 1 N–H and O–H groups in total. The molecule has 4 heteroatoms. The molecular formula is C13H24O2S2. The number of carboxylic acids is 1. The van der Waals surface area contributed by atoms with Crippen LogP contribution in [0.15, 0.2) is 0 Å². The zero-order chi connectivity index (χ0) is 12.7. The zero-order valence-corrected chi connectivity index (χ0v) is 12.5. The smallest absolute Gasteiger partial charge is 0.330 e. The molecule has 1 atom stereocenters. The Morgan fingerprint density at radius 1 is 1.29 bits per heavy atom. The maximum atomic E-state index is 11.6. The largest absolute Gasteiger partial charge is 0.480 e. The highest BCUT2D eigenvalue weighted by Gasteiger charge is 2.45. The fourth-order valence-corrected chi connectivity index (χ4v) is 5.49. The molecule has 0 spiro atoms. The second-order valence-corrected chi connectivity index (χ2v) is 7.71. The van der Waals surface area contributed by atoms with E-state index in [0.717, 1.165) is 24.3 Å². The summed E-state index contributed by atoms with van der Waals surface area (Å²) in [6, 6.07) is 0. The van der Waals surface area contributed by atoms with Crippen LogP contribution in [-0.4, -0.2) is 26.7 Å². The van der Waals surface area contributed by atoms with Gasteiger partial charge in [-0.05, 0) is 30.3 Å². The van der Waals surface area contributed by atoms with Crippen LogP contribution in [0.25, 0.3) is 0 Å². The van der Waals surface area contributed by atoms with Gasteiger partial charge in [-0.3, -0.25) is 0 Å². The molecular weight excluding hydrogens is 252 g/mol. The fourth-order valence-electron chi connectivity index (χ4n) is 2.23. The van der Waals surface area contributed by atoms with Gasteiger partial charge in [0.1, 0.15) is 0 Å². The number of aliphatic carboxylic acids is 1. The molecule has 1 aliphatic heterocycles. The number of thioether (sulfide) groups is 2. The predicted octanol–water partition coefficient (Wildman–Crippen LogP) is 4.24. The summed E-state index contributed by atoms with van der Waals surface area (Å²) in [4.78, 5) is 11.6. The van der Waals surface area contributed by atoms with Gasteiger partial charge in [0, 0.05) is 0 Å². The lowest BCUT2D eigenvalue weighted by Crippen LogP contribution is -2.41. The van der Waals surface area contributed by atoms with E-state index in [1.165, 1.54) is 25.7 Å². The van der Waals surface area contributed by atoms with Gasteiger partial charge in [-0.1, -0.05) is 39.5 Å². The minimum Gasteiger partial charge on any atom is -0.480 e. The highest BCUT2D eigenvalue weighted by molar-refractivity contribution is 8.19. The van der Waals surface area contributed by atoms with Crippen LogP contribution in [0.4, 0.5) is 0 Å². The van der Waals surface area contributed by atoms with Crippen molar-refractivity contribution < 1.29 is 9.90 Å². The number of hydrogen-bond donors (Lipinski definition) is 1. The van der Waals surface area contributed by atoms with Gasteiger partial charge < -0.3 is 5.11 Å².